The molecule has 0 atom stereocenters. The molecule has 0 unspecified atom stereocenters. The summed E-state index contributed by atoms with van der Waals surface area (Å²) in [6.45, 7) is 8.31. The predicted molar refractivity (Wildman–Crippen MR) is 73.4 cm³/mol. The van der Waals surface area contributed by atoms with E-state index in [4.69, 9.17) is 4.74 Å². The Morgan fingerprint density at radius 1 is 1.50 bits per heavy atom. The highest BCUT2D eigenvalue weighted by Gasteiger charge is 2.29. The Kier molecular flexibility index (Phi) is 3.20. The van der Waals surface area contributed by atoms with Crippen molar-refractivity contribution in [1.82, 2.24) is 0 Å². The molecule has 0 spiro atoms. The van der Waals surface area contributed by atoms with Crippen molar-refractivity contribution < 1.29 is 9.53 Å². The molecule has 4 nitrogen and oxygen atoms in total. The minimum atomic E-state index is -0.293. The van der Waals surface area contributed by atoms with E-state index in [-0.39, 0.29) is 11.5 Å². The van der Waals surface area contributed by atoms with Crippen LogP contribution in [0.1, 0.15) is 31.1 Å². The van der Waals surface area contributed by atoms with E-state index in [0.29, 0.717) is 5.56 Å². The second-order valence-corrected chi connectivity index (χ2v) is 5.25. The zero-order chi connectivity index (χ0) is 13.3. The minimum Gasteiger partial charge on any atom is -0.465 e. The third kappa shape index (κ3) is 2.28. The molecule has 98 valence electrons. The van der Waals surface area contributed by atoms with Crippen LogP contribution in [0.3, 0.4) is 0 Å². The van der Waals surface area contributed by atoms with Crippen LogP contribution in [0.15, 0.2) is 18.2 Å². The number of esters is 1. The monoisotopic (exact) mass is 248 g/mol. The third-order valence-corrected chi connectivity index (χ3v) is 3.20. The van der Waals surface area contributed by atoms with Crippen LogP contribution in [0.4, 0.5) is 11.4 Å². The van der Waals surface area contributed by atoms with Crippen molar-refractivity contribution in [3.63, 3.8) is 0 Å². The number of fused-ring (bicyclic) bond motifs is 1. The maximum atomic E-state index is 11.6. The van der Waals surface area contributed by atoms with E-state index in [1.807, 2.05) is 12.1 Å². The van der Waals surface area contributed by atoms with Gasteiger partial charge in [-0.2, -0.15) is 0 Å². The molecule has 1 aliphatic heterocycles. The van der Waals surface area contributed by atoms with Crippen LogP contribution in [0.25, 0.3) is 0 Å². The SMILES string of the molecule is CCN1CC(C)(C)Nc2ccc(C(=O)OC)cc21. The molecule has 0 aromatic heterocycles. The minimum absolute atomic E-state index is 0.0375. The summed E-state index contributed by atoms with van der Waals surface area (Å²) in [5.41, 5.74) is 2.77. The summed E-state index contributed by atoms with van der Waals surface area (Å²) >= 11 is 0. The number of carbonyl (C=O) groups excluding carboxylic acids is 1. The zero-order valence-electron chi connectivity index (χ0n) is 11.4. The first-order chi connectivity index (χ1) is 8.46. The van der Waals surface area contributed by atoms with Crippen LogP contribution in [0.2, 0.25) is 0 Å². The maximum absolute atomic E-state index is 11.6. The van der Waals surface area contributed by atoms with Gasteiger partial charge in [-0.05, 0) is 39.0 Å². The van der Waals surface area contributed by atoms with E-state index in [9.17, 15) is 4.79 Å². The highest BCUT2D eigenvalue weighted by molar-refractivity contribution is 5.92. The number of anilines is 2. The lowest BCUT2D eigenvalue weighted by atomic mass is 9.98. The maximum Gasteiger partial charge on any atom is 0.337 e. The summed E-state index contributed by atoms with van der Waals surface area (Å²) in [4.78, 5) is 13.8. The van der Waals surface area contributed by atoms with Gasteiger partial charge in [0.2, 0.25) is 0 Å². The molecule has 0 aliphatic carbocycles. The fourth-order valence-corrected chi connectivity index (χ4v) is 2.39. The summed E-state index contributed by atoms with van der Waals surface area (Å²) < 4.78 is 4.76. The Labute approximate surface area is 108 Å². The molecule has 0 saturated carbocycles. The highest BCUT2D eigenvalue weighted by atomic mass is 16.5. The van der Waals surface area contributed by atoms with Gasteiger partial charge in [-0.3, -0.25) is 0 Å². The molecule has 4 heteroatoms. The van der Waals surface area contributed by atoms with E-state index in [1.165, 1.54) is 7.11 Å². The first kappa shape index (κ1) is 12.7. The number of hydrogen-bond acceptors (Lipinski definition) is 4. The Morgan fingerprint density at radius 2 is 2.22 bits per heavy atom. The molecule has 18 heavy (non-hydrogen) atoms. The second kappa shape index (κ2) is 4.52. The topological polar surface area (TPSA) is 41.6 Å². The molecule has 1 heterocycles. The smallest absolute Gasteiger partial charge is 0.337 e. The quantitative estimate of drug-likeness (QED) is 0.816. The number of likely N-dealkylation sites (N-methyl/N-ethyl adjacent to an activating group) is 1. The number of hydrogen-bond donors (Lipinski definition) is 1. The normalized spacial score (nSPS) is 16.8. The molecule has 1 aromatic rings. The van der Waals surface area contributed by atoms with Gasteiger partial charge >= 0.3 is 5.97 Å². The van der Waals surface area contributed by atoms with Crippen molar-refractivity contribution in [2.75, 3.05) is 30.4 Å². The number of rotatable bonds is 2. The van der Waals surface area contributed by atoms with Crippen molar-refractivity contribution in [3.05, 3.63) is 23.8 Å². The van der Waals surface area contributed by atoms with Crippen LogP contribution >= 0.6 is 0 Å². The van der Waals surface area contributed by atoms with E-state index in [0.717, 1.165) is 24.5 Å². The first-order valence-electron chi connectivity index (χ1n) is 6.22. The molecule has 1 aromatic carbocycles. The summed E-state index contributed by atoms with van der Waals surface area (Å²) in [5.74, 6) is -0.293. The average Bonchev–Trinajstić information content (AvgIpc) is 2.35. The lowest BCUT2D eigenvalue weighted by molar-refractivity contribution is 0.0601. The number of nitrogens with one attached hydrogen (secondary N) is 1. The van der Waals surface area contributed by atoms with E-state index < -0.39 is 0 Å². The van der Waals surface area contributed by atoms with Crippen molar-refractivity contribution >= 4 is 17.3 Å². The number of carbonyl (C=O) groups is 1. The molecular weight excluding hydrogens is 228 g/mol. The van der Waals surface area contributed by atoms with Gasteiger partial charge in [0.15, 0.2) is 0 Å². The van der Waals surface area contributed by atoms with E-state index in [1.54, 1.807) is 6.07 Å². The molecule has 0 fully saturated rings. The fraction of sp³-hybridized carbons (Fsp3) is 0.500. The molecular formula is C14H20N2O2. The Balaban J connectivity index is 2.42. The molecule has 1 aliphatic rings. The van der Waals surface area contributed by atoms with Crippen LogP contribution < -0.4 is 10.2 Å². The summed E-state index contributed by atoms with van der Waals surface area (Å²) in [7, 11) is 1.40. The summed E-state index contributed by atoms with van der Waals surface area (Å²) in [6.07, 6.45) is 0. The second-order valence-electron chi connectivity index (χ2n) is 5.25. The number of benzene rings is 1. The molecule has 0 saturated heterocycles. The van der Waals surface area contributed by atoms with Gasteiger partial charge in [-0.25, -0.2) is 4.79 Å². The average molecular weight is 248 g/mol. The highest BCUT2D eigenvalue weighted by Crippen LogP contribution is 2.35. The molecule has 0 amide bonds. The molecule has 1 N–H and O–H groups in total. The van der Waals surface area contributed by atoms with Gasteiger partial charge in [0, 0.05) is 18.6 Å². The lowest BCUT2D eigenvalue weighted by Gasteiger charge is -2.41. The van der Waals surface area contributed by atoms with Gasteiger partial charge < -0.3 is 15.0 Å². The number of ether oxygens (including phenoxy) is 1. The zero-order valence-corrected chi connectivity index (χ0v) is 11.4. The number of nitrogens with zero attached hydrogens (tertiary/aromatic N) is 1. The van der Waals surface area contributed by atoms with Crippen molar-refractivity contribution in [3.8, 4) is 0 Å². The summed E-state index contributed by atoms with van der Waals surface area (Å²) in [5, 5.41) is 3.49. The van der Waals surface area contributed by atoms with Crippen LogP contribution in [-0.2, 0) is 4.74 Å². The Hall–Kier alpha value is -1.71. The Morgan fingerprint density at radius 3 is 2.83 bits per heavy atom. The first-order valence-corrected chi connectivity index (χ1v) is 6.22. The lowest BCUT2D eigenvalue weighted by Crippen LogP contribution is -2.48. The van der Waals surface area contributed by atoms with Gasteiger partial charge in [-0.15, -0.1) is 0 Å². The molecule has 0 radical (unpaired) electrons. The van der Waals surface area contributed by atoms with Crippen molar-refractivity contribution in [2.45, 2.75) is 26.3 Å². The van der Waals surface area contributed by atoms with Crippen LogP contribution in [0.5, 0.6) is 0 Å². The van der Waals surface area contributed by atoms with Gasteiger partial charge in [0.1, 0.15) is 0 Å². The van der Waals surface area contributed by atoms with Gasteiger partial charge in [0.05, 0.1) is 24.0 Å². The van der Waals surface area contributed by atoms with Crippen LogP contribution in [-0.4, -0.2) is 31.7 Å². The van der Waals surface area contributed by atoms with Gasteiger partial charge in [-0.1, -0.05) is 0 Å². The Bertz CT molecular complexity index is 469. The van der Waals surface area contributed by atoms with Crippen LogP contribution in [0, 0.1) is 0 Å². The number of methoxy groups -OCH3 is 1. The molecule has 0 bridgehead atoms. The van der Waals surface area contributed by atoms with E-state index in [2.05, 4.69) is 31.0 Å². The fourth-order valence-electron chi connectivity index (χ4n) is 2.39. The van der Waals surface area contributed by atoms with E-state index >= 15 is 0 Å². The predicted octanol–water partition coefficient (Wildman–Crippen LogP) is 2.50. The standard InChI is InChI=1S/C14H20N2O2/c1-5-16-9-14(2,3)15-11-7-6-10(8-12(11)16)13(17)18-4/h6-8,15H,5,9H2,1-4H3. The summed E-state index contributed by atoms with van der Waals surface area (Å²) in [6, 6.07) is 5.64. The molecule has 2 rings (SSSR count). The van der Waals surface area contributed by atoms with Crippen molar-refractivity contribution in [2.24, 2.45) is 0 Å². The largest absolute Gasteiger partial charge is 0.465 e. The van der Waals surface area contributed by atoms with Gasteiger partial charge in [0.25, 0.3) is 0 Å². The third-order valence-electron chi connectivity index (χ3n) is 3.20. The van der Waals surface area contributed by atoms with Crippen molar-refractivity contribution in [1.29, 1.82) is 0 Å².